The van der Waals surface area contributed by atoms with E-state index < -0.39 is 5.82 Å². The van der Waals surface area contributed by atoms with Gasteiger partial charge < -0.3 is 9.90 Å². The number of halogens is 1. The molecule has 1 aromatic carbocycles. The summed E-state index contributed by atoms with van der Waals surface area (Å²) in [5.74, 6) is -0.601. The molecule has 0 saturated carbocycles. The summed E-state index contributed by atoms with van der Waals surface area (Å²) in [6.45, 7) is 0. The number of carbonyl (C=O) groups is 1. The SMILES string of the molecule is O=C[CH]Cc1ccc(O)cc1F. The quantitative estimate of drug-likeness (QED) is 0.692. The van der Waals surface area contributed by atoms with E-state index in [1.165, 1.54) is 18.6 Å². The Morgan fingerprint density at radius 1 is 1.50 bits per heavy atom. The molecule has 0 spiro atoms. The number of aromatic hydroxyl groups is 1. The molecule has 63 valence electrons. The molecule has 1 aromatic rings. The summed E-state index contributed by atoms with van der Waals surface area (Å²) >= 11 is 0. The van der Waals surface area contributed by atoms with E-state index in [0.29, 0.717) is 11.8 Å². The van der Waals surface area contributed by atoms with Crippen molar-refractivity contribution in [3.63, 3.8) is 0 Å². The summed E-state index contributed by atoms with van der Waals surface area (Å²) in [6.07, 6.45) is 2.19. The predicted molar refractivity (Wildman–Crippen MR) is 42.1 cm³/mol. The predicted octanol–water partition coefficient (Wildman–Crippen LogP) is 1.48. The molecule has 12 heavy (non-hydrogen) atoms. The van der Waals surface area contributed by atoms with Crippen molar-refractivity contribution >= 4 is 6.29 Å². The van der Waals surface area contributed by atoms with Crippen LogP contribution in [0.2, 0.25) is 0 Å². The molecular weight excluding hydrogens is 159 g/mol. The van der Waals surface area contributed by atoms with Gasteiger partial charge in [0.05, 0.1) is 0 Å². The van der Waals surface area contributed by atoms with Crippen LogP contribution in [0, 0.1) is 12.2 Å². The second-order valence-electron chi connectivity index (χ2n) is 2.35. The standard InChI is InChI=1S/C9H8FO2/c10-9-6-8(12)4-3-7(9)2-1-5-11/h1,3-6,12H,2H2. The number of phenols is 1. The van der Waals surface area contributed by atoms with E-state index in [1.807, 2.05) is 0 Å². The molecule has 0 amide bonds. The van der Waals surface area contributed by atoms with Gasteiger partial charge in [0.2, 0.25) is 0 Å². The molecule has 0 atom stereocenters. The fourth-order valence-corrected chi connectivity index (χ4v) is 0.877. The number of hydrogen-bond donors (Lipinski definition) is 1. The highest BCUT2D eigenvalue weighted by molar-refractivity contribution is 5.61. The van der Waals surface area contributed by atoms with Crippen LogP contribution in [0.1, 0.15) is 5.56 Å². The summed E-state index contributed by atoms with van der Waals surface area (Å²) in [6, 6.07) is 3.86. The van der Waals surface area contributed by atoms with Gasteiger partial charge in [-0.3, -0.25) is 0 Å². The average molecular weight is 167 g/mol. The lowest BCUT2D eigenvalue weighted by Crippen LogP contribution is -1.91. The fraction of sp³-hybridized carbons (Fsp3) is 0.111. The summed E-state index contributed by atoms with van der Waals surface area (Å²) in [5.41, 5.74) is 0.403. The normalized spacial score (nSPS) is 9.75. The molecule has 1 radical (unpaired) electrons. The molecule has 2 nitrogen and oxygen atoms in total. The lowest BCUT2D eigenvalue weighted by Gasteiger charge is -1.99. The third-order valence-corrected chi connectivity index (χ3v) is 1.47. The van der Waals surface area contributed by atoms with Crippen molar-refractivity contribution in [3.8, 4) is 5.75 Å². The molecule has 0 aliphatic carbocycles. The van der Waals surface area contributed by atoms with Gasteiger partial charge in [0, 0.05) is 12.5 Å². The Balaban J connectivity index is 2.78. The maximum absolute atomic E-state index is 12.9. The van der Waals surface area contributed by atoms with Crippen molar-refractivity contribution in [2.75, 3.05) is 0 Å². The van der Waals surface area contributed by atoms with Gasteiger partial charge in [0.1, 0.15) is 17.9 Å². The van der Waals surface area contributed by atoms with Crippen LogP contribution in [0.4, 0.5) is 4.39 Å². The first kappa shape index (κ1) is 8.71. The first-order valence-electron chi connectivity index (χ1n) is 3.48. The molecule has 1 N–H and O–H groups in total. The highest BCUT2D eigenvalue weighted by atomic mass is 19.1. The van der Waals surface area contributed by atoms with Crippen molar-refractivity contribution in [3.05, 3.63) is 36.0 Å². The Morgan fingerprint density at radius 3 is 2.83 bits per heavy atom. The van der Waals surface area contributed by atoms with Crippen molar-refractivity contribution in [1.29, 1.82) is 0 Å². The molecule has 0 heterocycles. The lowest BCUT2D eigenvalue weighted by molar-refractivity contribution is -0.105. The second-order valence-corrected chi connectivity index (χ2v) is 2.35. The Labute approximate surface area is 69.6 Å². The summed E-state index contributed by atoms with van der Waals surface area (Å²) in [4.78, 5) is 9.93. The van der Waals surface area contributed by atoms with E-state index in [9.17, 15) is 9.18 Å². The van der Waals surface area contributed by atoms with E-state index in [-0.39, 0.29) is 12.2 Å². The van der Waals surface area contributed by atoms with Gasteiger partial charge in [-0.25, -0.2) is 4.39 Å². The van der Waals surface area contributed by atoms with E-state index in [4.69, 9.17) is 5.11 Å². The van der Waals surface area contributed by atoms with Gasteiger partial charge in [-0.1, -0.05) is 6.07 Å². The Morgan fingerprint density at radius 2 is 2.25 bits per heavy atom. The lowest BCUT2D eigenvalue weighted by atomic mass is 10.1. The highest BCUT2D eigenvalue weighted by Crippen LogP contribution is 2.15. The minimum Gasteiger partial charge on any atom is -0.508 e. The van der Waals surface area contributed by atoms with Gasteiger partial charge in [-0.15, -0.1) is 0 Å². The van der Waals surface area contributed by atoms with Crippen LogP contribution in [0.5, 0.6) is 5.75 Å². The van der Waals surface area contributed by atoms with E-state index >= 15 is 0 Å². The van der Waals surface area contributed by atoms with Crippen LogP contribution in [0.15, 0.2) is 18.2 Å². The molecule has 0 aliphatic heterocycles. The smallest absolute Gasteiger partial charge is 0.130 e. The van der Waals surface area contributed by atoms with Gasteiger partial charge in [-0.2, -0.15) is 0 Å². The maximum atomic E-state index is 12.9. The first-order valence-corrected chi connectivity index (χ1v) is 3.48. The molecule has 0 aliphatic rings. The van der Waals surface area contributed by atoms with E-state index in [1.54, 1.807) is 0 Å². The van der Waals surface area contributed by atoms with Crippen LogP contribution >= 0.6 is 0 Å². The van der Waals surface area contributed by atoms with Crippen LogP contribution in [-0.2, 0) is 11.2 Å². The van der Waals surface area contributed by atoms with Crippen LogP contribution in [0.25, 0.3) is 0 Å². The Bertz CT molecular complexity index is 284. The zero-order chi connectivity index (χ0) is 8.97. The Hall–Kier alpha value is -1.38. The minimum atomic E-state index is -0.492. The molecular formula is C9H8FO2. The van der Waals surface area contributed by atoms with Gasteiger partial charge >= 0.3 is 0 Å². The number of carbonyl (C=O) groups excluding carboxylic acids is 1. The Kier molecular flexibility index (Phi) is 2.80. The molecule has 0 aromatic heterocycles. The monoisotopic (exact) mass is 167 g/mol. The van der Waals surface area contributed by atoms with Crippen LogP contribution < -0.4 is 0 Å². The minimum absolute atomic E-state index is 0.109. The number of phenolic OH excluding ortho intramolecular Hbond substituents is 1. The van der Waals surface area contributed by atoms with Gasteiger partial charge in [-0.05, 0) is 18.1 Å². The highest BCUT2D eigenvalue weighted by Gasteiger charge is 2.01. The van der Waals surface area contributed by atoms with Crippen LogP contribution in [-0.4, -0.2) is 11.4 Å². The van der Waals surface area contributed by atoms with Gasteiger partial charge in [0.15, 0.2) is 0 Å². The zero-order valence-electron chi connectivity index (χ0n) is 6.33. The van der Waals surface area contributed by atoms with Crippen molar-refractivity contribution in [1.82, 2.24) is 0 Å². The number of rotatable bonds is 3. The van der Waals surface area contributed by atoms with Crippen molar-refractivity contribution < 1.29 is 14.3 Å². The molecule has 0 saturated heterocycles. The van der Waals surface area contributed by atoms with E-state index in [2.05, 4.69) is 0 Å². The third-order valence-electron chi connectivity index (χ3n) is 1.47. The maximum Gasteiger partial charge on any atom is 0.130 e. The number of aldehydes is 1. The second kappa shape index (κ2) is 3.85. The molecule has 0 fully saturated rings. The fourth-order valence-electron chi connectivity index (χ4n) is 0.877. The topological polar surface area (TPSA) is 37.3 Å². The first-order chi connectivity index (χ1) is 5.74. The molecule has 0 unspecified atom stereocenters. The molecule has 1 rings (SSSR count). The largest absolute Gasteiger partial charge is 0.508 e. The van der Waals surface area contributed by atoms with Gasteiger partial charge in [0.25, 0.3) is 0 Å². The summed E-state index contributed by atoms with van der Waals surface area (Å²) < 4.78 is 12.9. The van der Waals surface area contributed by atoms with E-state index in [0.717, 1.165) is 6.07 Å². The number of benzene rings is 1. The third kappa shape index (κ3) is 2.05. The zero-order valence-corrected chi connectivity index (χ0v) is 6.33. The summed E-state index contributed by atoms with van der Waals surface area (Å²) in [5, 5.41) is 8.84. The number of hydrogen-bond acceptors (Lipinski definition) is 2. The molecule has 0 bridgehead atoms. The average Bonchev–Trinajstić information content (AvgIpc) is 2.03. The van der Waals surface area contributed by atoms with Crippen molar-refractivity contribution in [2.24, 2.45) is 0 Å². The van der Waals surface area contributed by atoms with Crippen molar-refractivity contribution in [2.45, 2.75) is 6.42 Å². The molecule has 3 heteroatoms. The summed E-state index contributed by atoms with van der Waals surface area (Å²) in [7, 11) is 0. The van der Waals surface area contributed by atoms with Crippen LogP contribution in [0.3, 0.4) is 0 Å².